The molecular formula is C12H9Cl2N3OS. The zero-order valence-electron chi connectivity index (χ0n) is 9.54. The molecule has 1 aromatic carbocycles. The minimum Gasteiger partial charge on any atom is -0.396 e. The van der Waals surface area contributed by atoms with Crippen molar-refractivity contribution in [2.45, 2.75) is 0 Å². The van der Waals surface area contributed by atoms with E-state index in [-0.39, 0.29) is 21.6 Å². The van der Waals surface area contributed by atoms with Crippen molar-refractivity contribution in [1.29, 1.82) is 0 Å². The number of aromatic nitrogens is 1. The number of nitrogen functional groups attached to an aromatic ring is 1. The molecule has 0 unspecified atom stereocenters. The summed E-state index contributed by atoms with van der Waals surface area (Å²) in [5, 5.41) is 3.22. The van der Waals surface area contributed by atoms with Crippen molar-refractivity contribution in [3.63, 3.8) is 0 Å². The van der Waals surface area contributed by atoms with E-state index >= 15 is 0 Å². The van der Waals surface area contributed by atoms with Crippen LogP contribution in [-0.2, 0) is 0 Å². The van der Waals surface area contributed by atoms with Crippen molar-refractivity contribution in [2.75, 3.05) is 11.1 Å². The SMILES string of the molecule is Nc1c(Cl)cc(NC(=O)c2ccc[nH]c2=S)cc1Cl. The molecule has 2 rings (SSSR count). The summed E-state index contributed by atoms with van der Waals surface area (Å²) in [5.41, 5.74) is 6.71. The highest BCUT2D eigenvalue weighted by Crippen LogP contribution is 2.31. The lowest BCUT2D eigenvalue weighted by molar-refractivity contribution is 0.102. The number of hydrogen-bond acceptors (Lipinski definition) is 3. The average molecular weight is 314 g/mol. The Morgan fingerprint density at radius 1 is 1.32 bits per heavy atom. The van der Waals surface area contributed by atoms with Crippen LogP contribution in [0.3, 0.4) is 0 Å². The van der Waals surface area contributed by atoms with E-state index in [2.05, 4.69) is 10.3 Å². The summed E-state index contributed by atoms with van der Waals surface area (Å²) < 4.78 is 0.354. The standard InChI is InChI=1S/C12H9Cl2N3OS/c13-8-4-6(5-9(14)10(8)15)17-11(18)7-2-1-3-16-12(7)19/h1-5H,15H2,(H,16,19)(H,17,18). The molecule has 1 amide bonds. The largest absolute Gasteiger partial charge is 0.396 e. The Bertz CT molecular complexity index is 676. The molecule has 1 aromatic heterocycles. The molecule has 2 aromatic rings. The highest BCUT2D eigenvalue weighted by Gasteiger charge is 2.10. The Hall–Kier alpha value is -1.56. The third-order valence-electron chi connectivity index (χ3n) is 2.40. The Balaban J connectivity index is 2.30. The second-order valence-corrected chi connectivity index (χ2v) is 4.94. The van der Waals surface area contributed by atoms with E-state index in [4.69, 9.17) is 41.2 Å². The number of amides is 1. The number of carbonyl (C=O) groups is 1. The van der Waals surface area contributed by atoms with Gasteiger partial charge in [0.15, 0.2) is 0 Å². The van der Waals surface area contributed by atoms with Gasteiger partial charge in [-0.15, -0.1) is 0 Å². The van der Waals surface area contributed by atoms with Crippen molar-refractivity contribution < 1.29 is 4.79 Å². The van der Waals surface area contributed by atoms with Gasteiger partial charge in [0, 0.05) is 11.9 Å². The Morgan fingerprint density at radius 2 is 1.95 bits per heavy atom. The van der Waals surface area contributed by atoms with Crippen LogP contribution in [0.15, 0.2) is 30.5 Å². The van der Waals surface area contributed by atoms with Gasteiger partial charge in [-0.25, -0.2) is 0 Å². The van der Waals surface area contributed by atoms with Crippen LogP contribution >= 0.6 is 35.4 Å². The Morgan fingerprint density at radius 3 is 2.53 bits per heavy atom. The molecule has 98 valence electrons. The van der Waals surface area contributed by atoms with E-state index in [9.17, 15) is 4.79 Å². The van der Waals surface area contributed by atoms with Crippen LogP contribution in [0.4, 0.5) is 11.4 Å². The zero-order valence-corrected chi connectivity index (χ0v) is 11.9. The van der Waals surface area contributed by atoms with E-state index in [0.29, 0.717) is 15.9 Å². The van der Waals surface area contributed by atoms with Gasteiger partial charge in [0.05, 0.1) is 21.3 Å². The number of nitrogens with two attached hydrogens (primary N) is 1. The fraction of sp³-hybridized carbons (Fsp3) is 0. The minimum absolute atomic E-state index is 0.276. The lowest BCUT2D eigenvalue weighted by atomic mass is 10.2. The summed E-state index contributed by atoms with van der Waals surface area (Å²) in [7, 11) is 0. The van der Waals surface area contributed by atoms with Crippen LogP contribution in [0.2, 0.25) is 10.0 Å². The molecule has 0 fully saturated rings. The molecule has 7 heteroatoms. The van der Waals surface area contributed by atoms with Crippen molar-refractivity contribution in [2.24, 2.45) is 0 Å². The number of aromatic amines is 1. The van der Waals surface area contributed by atoms with Gasteiger partial charge in [0.25, 0.3) is 5.91 Å². The van der Waals surface area contributed by atoms with Gasteiger partial charge in [-0.3, -0.25) is 4.79 Å². The molecular weight excluding hydrogens is 305 g/mol. The lowest BCUT2D eigenvalue weighted by Crippen LogP contribution is -2.13. The van der Waals surface area contributed by atoms with Gasteiger partial charge >= 0.3 is 0 Å². The number of rotatable bonds is 2. The molecule has 4 N–H and O–H groups in total. The van der Waals surface area contributed by atoms with Crippen LogP contribution < -0.4 is 11.1 Å². The second-order valence-electron chi connectivity index (χ2n) is 3.72. The Labute approximate surface area is 124 Å². The van der Waals surface area contributed by atoms with Crippen LogP contribution in [0.25, 0.3) is 0 Å². The van der Waals surface area contributed by atoms with Crippen LogP contribution in [-0.4, -0.2) is 10.9 Å². The normalized spacial score (nSPS) is 10.2. The van der Waals surface area contributed by atoms with Gasteiger partial charge in [-0.1, -0.05) is 35.4 Å². The number of hydrogen-bond donors (Lipinski definition) is 3. The monoisotopic (exact) mass is 313 g/mol. The number of H-pyrrole nitrogens is 1. The fourth-order valence-corrected chi connectivity index (χ4v) is 2.17. The number of anilines is 2. The molecule has 0 aliphatic rings. The maximum absolute atomic E-state index is 12.0. The molecule has 19 heavy (non-hydrogen) atoms. The number of pyridine rings is 1. The van der Waals surface area contributed by atoms with Gasteiger partial charge in [0.1, 0.15) is 4.64 Å². The third-order valence-corrected chi connectivity index (χ3v) is 3.36. The number of benzene rings is 1. The first-order valence-corrected chi connectivity index (χ1v) is 6.39. The van der Waals surface area contributed by atoms with Crippen LogP contribution in [0.1, 0.15) is 10.4 Å². The highest BCUT2D eigenvalue weighted by molar-refractivity contribution is 7.71. The fourth-order valence-electron chi connectivity index (χ4n) is 1.46. The zero-order chi connectivity index (χ0) is 14.0. The molecule has 0 radical (unpaired) electrons. The van der Waals surface area contributed by atoms with Crippen molar-refractivity contribution in [1.82, 2.24) is 4.98 Å². The first-order chi connectivity index (χ1) is 8.99. The predicted molar refractivity (Wildman–Crippen MR) is 80.5 cm³/mol. The third kappa shape index (κ3) is 3.07. The van der Waals surface area contributed by atoms with E-state index < -0.39 is 0 Å². The maximum atomic E-state index is 12.0. The number of carbonyl (C=O) groups excluding carboxylic acids is 1. The molecule has 0 atom stereocenters. The summed E-state index contributed by atoms with van der Waals surface area (Å²) in [6.45, 7) is 0. The van der Waals surface area contributed by atoms with E-state index in [1.807, 2.05) is 0 Å². The summed E-state index contributed by atoms with van der Waals surface area (Å²) in [5.74, 6) is -0.348. The van der Waals surface area contributed by atoms with E-state index in [1.165, 1.54) is 12.1 Å². The summed E-state index contributed by atoms with van der Waals surface area (Å²) in [6.07, 6.45) is 1.65. The predicted octanol–water partition coefficient (Wildman–Crippen LogP) is 3.89. The van der Waals surface area contributed by atoms with Crippen molar-refractivity contribution in [3.05, 3.63) is 50.7 Å². The smallest absolute Gasteiger partial charge is 0.258 e. The number of nitrogens with one attached hydrogen (secondary N) is 2. The van der Waals surface area contributed by atoms with Crippen molar-refractivity contribution in [3.8, 4) is 0 Å². The van der Waals surface area contributed by atoms with Crippen LogP contribution in [0, 0.1) is 4.64 Å². The highest BCUT2D eigenvalue weighted by atomic mass is 35.5. The molecule has 0 saturated heterocycles. The molecule has 0 saturated carbocycles. The van der Waals surface area contributed by atoms with Gasteiger partial charge in [-0.05, 0) is 24.3 Å². The first-order valence-electron chi connectivity index (χ1n) is 5.22. The second kappa shape index (κ2) is 5.61. The quantitative estimate of drug-likeness (QED) is 0.582. The van der Waals surface area contributed by atoms with Gasteiger partial charge in [0.2, 0.25) is 0 Å². The Kier molecular flexibility index (Phi) is 4.09. The lowest BCUT2D eigenvalue weighted by Gasteiger charge is -2.08. The summed E-state index contributed by atoms with van der Waals surface area (Å²) in [4.78, 5) is 14.8. The average Bonchev–Trinajstić information content (AvgIpc) is 2.36. The van der Waals surface area contributed by atoms with E-state index in [1.54, 1.807) is 18.3 Å². The molecule has 0 bridgehead atoms. The molecule has 4 nitrogen and oxygen atoms in total. The maximum Gasteiger partial charge on any atom is 0.258 e. The topological polar surface area (TPSA) is 70.9 Å². The minimum atomic E-state index is -0.348. The molecule has 0 aliphatic heterocycles. The van der Waals surface area contributed by atoms with Gasteiger partial charge < -0.3 is 16.0 Å². The van der Waals surface area contributed by atoms with Crippen LogP contribution in [0.5, 0.6) is 0 Å². The molecule has 0 spiro atoms. The molecule has 0 aliphatic carbocycles. The summed E-state index contributed by atoms with van der Waals surface area (Å²) in [6, 6.07) is 6.36. The van der Waals surface area contributed by atoms with Crippen molar-refractivity contribution >= 4 is 52.7 Å². The van der Waals surface area contributed by atoms with Gasteiger partial charge in [-0.2, -0.15) is 0 Å². The number of halogens is 2. The first kappa shape index (κ1) is 13.9. The summed E-state index contributed by atoms with van der Waals surface area (Å²) >= 11 is 16.8. The van der Waals surface area contributed by atoms with E-state index in [0.717, 1.165) is 0 Å². The molecule has 1 heterocycles.